The van der Waals surface area contributed by atoms with Crippen LogP contribution in [0.1, 0.15) is 29.2 Å². The maximum atomic E-state index is 14.0. The molecule has 0 saturated heterocycles. The van der Waals surface area contributed by atoms with Crippen LogP contribution in [-0.4, -0.2) is 40.5 Å². The largest absolute Gasteiger partial charge is 0.493 e. The number of aromatic nitrogens is 2. The molecule has 0 bridgehead atoms. The zero-order valence-electron chi connectivity index (χ0n) is 24.0. The van der Waals surface area contributed by atoms with E-state index in [0.717, 1.165) is 45.4 Å². The molecule has 1 amide bonds. The van der Waals surface area contributed by atoms with Gasteiger partial charge in [0.05, 0.1) is 31.3 Å². The summed E-state index contributed by atoms with van der Waals surface area (Å²) in [6, 6.07) is 9.90. The number of ether oxygens (including phenoxy) is 2. The second-order valence-corrected chi connectivity index (χ2v) is 9.76. The highest BCUT2D eigenvalue weighted by molar-refractivity contribution is 5.92. The summed E-state index contributed by atoms with van der Waals surface area (Å²) in [5.74, 6) is 6.06. The molecule has 12 nitrogen and oxygen atoms in total. The molecule has 218 valence electrons. The van der Waals surface area contributed by atoms with Crippen molar-refractivity contribution >= 4 is 11.6 Å². The van der Waals surface area contributed by atoms with Crippen LogP contribution in [0.15, 0.2) is 52.0 Å². The highest BCUT2D eigenvalue weighted by Crippen LogP contribution is 2.37. The summed E-state index contributed by atoms with van der Waals surface area (Å²) >= 11 is 0. The first-order valence-electron chi connectivity index (χ1n) is 13.4. The van der Waals surface area contributed by atoms with Crippen molar-refractivity contribution in [2.75, 3.05) is 20.3 Å². The van der Waals surface area contributed by atoms with Gasteiger partial charge in [0.15, 0.2) is 11.5 Å². The van der Waals surface area contributed by atoms with E-state index in [-0.39, 0.29) is 24.5 Å². The third-order valence-corrected chi connectivity index (χ3v) is 6.96. The number of nitrogens with two attached hydrogens (primary N) is 1. The van der Waals surface area contributed by atoms with Gasteiger partial charge in [-0.3, -0.25) is 30.5 Å². The van der Waals surface area contributed by atoms with E-state index in [2.05, 4.69) is 22.9 Å². The first-order chi connectivity index (χ1) is 19.7. The zero-order valence-corrected chi connectivity index (χ0v) is 24.0. The molecule has 3 aromatic rings. The van der Waals surface area contributed by atoms with Gasteiger partial charge in [-0.15, -0.1) is 0 Å². The van der Waals surface area contributed by atoms with Crippen molar-refractivity contribution in [2.45, 2.75) is 47.2 Å². The van der Waals surface area contributed by atoms with Crippen LogP contribution in [-0.2, 0) is 24.3 Å². The minimum Gasteiger partial charge on any atom is -0.493 e. The van der Waals surface area contributed by atoms with Crippen molar-refractivity contribution in [3.05, 3.63) is 80.5 Å². The van der Waals surface area contributed by atoms with Crippen molar-refractivity contribution in [1.82, 2.24) is 25.4 Å². The highest BCUT2D eigenvalue weighted by Gasteiger charge is 2.23. The molecule has 1 aromatic heterocycles. The Bertz CT molecular complexity index is 1600. The molecule has 0 radical (unpaired) electrons. The maximum absolute atomic E-state index is 14.0. The fourth-order valence-electron chi connectivity index (χ4n) is 5.15. The number of benzene rings is 2. The molecular formula is C29H37N7O5. The standard InChI is InChI=1S/C29H37N7O5/c1-6-41-25-13-20-7-9-35-23(21(20)14-24(25)40-5)15-26(33-27-18(3)11-17(2)12-19(27)4)36(29(35)38)10-8-31-28(37)22(34-30)16-32-39/h11-16,32,34,39H,6-10,30H2,1-5H3,(H,31,37)/b22-16-,33-26?. The van der Waals surface area contributed by atoms with Gasteiger partial charge < -0.3 is 20.2 Å². The van der Waals surface area contributed by atoms with Gasteiger partial charge in [-0.25, -0.2) is 9.79 Å². The predicted octanol–water partition coefficient (Wildman–Crippen LogP) is 1.84. The summed E-state index contributed by atoms with van der Waals surface area (Å²) in [5, 5.41) is 11.6. The Morgan fingerprint density at radius 2 is 1.88 bits per heavy atom. The number of carbonyl (C=O) groups is 1. The van der Waals surface area contributed by atoms with Crippen LogP contribution in [0.2, 0.25) is 0 Å². The number of hydroxylamine groups is 1. The number of nitrogens with zero attached hydrogens (tertiary/aromatic N) is 3. The Labute approximate surface area is 238 Å². The summed E-state index contributed by atoms with van der Waals surface area (Å²) < 4.78 is 14.7. The minimum absolute atomic E-state index is 0.0764. The number of hydrogen-bond donors (Lipinski definition) is 5. The van der Waals surface area contributed by atoms with Crippen LogP contribution in [0.5, 0.6) is 11.5 Å². The molecule has 1 aliphatic rings. The smallest absolute Gasteiger partial charge is 0.330 e. The maximum Gasteiger partial charge on any atom is 0.330 e. The van der Waals surface area contributed by atoms with Crippen LogP contribution < -0.4 is 42.7 Å². The number of amides is 1. The molecule has 41 heavy (non-hydrogen) atoms. The Balaban J connectivity index is 1.87. The first kappa shape index (κ1) is 29.4. The lowest BCUT2D eigenvalue weighted by Gasteiger charge is -2.25. The van der Waals surface area contributed by atoms with E-state index in [0.29, 0.717) is 36.6 Å². The topological polar surface area (TPSA) is 157 Å². The van der Waals surface area contributed by atoms with E-state index in [1.807, 2.05) is 45.9 Å². The van der Waals surface area contributed by atoms with Gasteiger partial charge in [-0.05, 0) is 62.9 Å². The van der Waals surface area contributed by atoms with E-state index in [4.69, 9.17) is 25.5 Å². The van der Waals surface area contributed by atoms with Gasteiger partial charge >= 0.3 is 5.69 Å². The molecule has 0 atom stereocenters. The Hall–Kier alpha value is -4.55. The van der Waals surface area contributed by atoms with E-state index < -0.39 is 5.91 Å². The van der Waals surface area contributed by atoms with Crippen molar-refractivity contribution in [1.29, 1.82) is 0 Å². The molecule has 12 heteroatoms. The molecule has 1 aliphatic heterocycles. The lowest BCUT2D eigenvalue weighted by atomic mass is 9.97. The zero-order chi connectivity index (χ0) is 29.7. The Morgan fingerprint density at radius 1 is 1.15 bits per heavy atom. The molecule has 0 unspecified atom stereocenters. The fraction of sp³-hybridized carbons (Fsp3) is 0.345. The summed E-state index contributed by atoms with van der Waals surface area (Å²) in [6.07, 6.45) is 1.66. The number of rotatable bonds is 10. The number of hydrazine groups is 1. The third kappa shape index (κ3) is 6.13. The number of aryl methyl sites for hydroxylation is 4. The fourth-order valence-corrected chi connectivity index (χ4v) is 5.15. The van der Waals surface area contributed by atoms with Crippen molar-refractivity contribution in [3.63, 3.8) is 0 Å². The molecule has 6 N–H and O–H groups in total. The van der Waals surface area contributed by atoms with E-state index in [1.165, 1.54) is 0 Å². The summed E-state index contributed by atoms with van der Waals surface area (Å²) in [5.41, 5.74) is 10.7. The first-order valence-corrected chi connectivity index (χ1v) is 13.4. The Kier molecular flexibility index (Phi) is 9.15. The summed E-state index contributed by atoms with van der Waals surface area (Å²) in [7, 11) is 1.59. The van der Waals surface area contributed by atoms with Crippen LogP contribution in [0.25, 0.3) is 11.3 Å². The average molecular weight is 564 g/mol. The SMILES string of the molecule is CCOc1cc2c(cc1OC)-c1cc(=Nc3c(C)cc(C)cc3C)n(CCNC(=O)/C(=C/NO)NN)c(=O)n1CC2. The van der Waals surface area contributed by atoms with E-state index in [9.17, 15) is 9.59 Å². The van der Waals surface area contributed by atoms with E-state index >= 15 is 0 Å². The van der Waals surface area contributed by atoms with Crippen molar-refractivity contribution < 1.29 is 19.5 Å². The van der Waals surface area contributed by atoms with Crippen molar-refractivity contribution in [2.24, 2.45) is 10.8 Å². The molecule has 2 aromatic carbocycles. The number of methoxy groups -OCH3 is 1. The highest BCUT2D eigenvalue weighted by atomic mass is 16.5. The minimum atomic E-state index is -0.553. The van der Waals surface area contributed by atoms with Crippen LogP contribution in [0.3, 0.4) is 0 Å². The second kappa shape index (κ2) is 12.7. The van der Waals surface area contributed by atoms with Crippen LogP contribution in [0, 0.1) is 20.8 Å². The molecule has 0 aliphatic carbocycles. The van der Waals surface area contributed by atoms with Gasteiger partial charge in [0.1, 0.15) is 11.2 Å². The molecule has 0 spiro atoms. The van der Waals surface area contributed by atoms with E-state index in [1.54, 1.807) is 21.7 Å². The average Bonchev–Trinajstić information content (AvgIpc) is 2.94. The summed E-state index contributed by atoms with van der Waals surface area (Å²) in [4.78, 5) is 31.4. The quantitative estimate of drug-likeness (QED) is 0.142. The van der Waals surface area contributed by atoms with Gasteiger partial charge in [0.2, 0.25) is 0 Å². The number of carbonyl (C=O) groups excluding carboxylic acids is 1. The molecule has 0 saturated carbocycles. The normalized spacial score (nSPS) is 12.9. The summed E-state index contributed by atoms with van der Waals surface area (Å²) in [6.45, 7) is 9.18. The lowest BCUT2D eigenvalue weighted by Crippen LogP contribution is -2.45. The molecule has 0 fully saturated rings. The van der Waals surface area contributed by atoms with Crippen molar-refractivity contribution in [3.8, 4) is 22.8 Å². The van der Waals surface area contributed by atoms with Gasteiger partial charge in [0.25, 0.3) is 5.91 Å². The van der Waals surface area contributed by atoms with Gasteiger partial charge in [0, 0.05) is 31.3 Å². The Morgan fingerprint density at radius 3 is 2.51 bits per heavy atom. The lowest BCUT2D eigenvalue weighted by molar-refractivity contribution is -0.118. The van der Waals surface area contributed by atoms with Gasteiger partial charge in [-0.1, -0.05) is 17.7 Å². The monoisotopic (exact) mass is 563 g/mol. The second-order valence-electron chi connectivity index (χ2n) is 9.76. The van der Waals surface area contributed by atoms with Crippen LogP contribution in [0.4, 0.5) is 5.69 Å². The van der Waals surface area contributed by atoms with Gasteiger partial charge in [-0.2, -0.15) is 0 Å². The number of hydrogen-bond acceptors (Lipinski definition) is 9. The number of fused-ring (bicyclic) bond motifs is 3. The third-order valence-electron chi connectivity index (χ3n) is 6.96. The molecule has 2 heterocycles. The molecular weight excluding hydrogens is 526 g/mol. The van der Waals surface area contributed by atoms with Crippen LogP contribution >= 0.6 is 0 Å². The number of nitrogens with one attached hydrogen (secondary N) is 3. The predicted molar refractivity (Wildman–Crippen MR) is 155 cm³/mol. The molecule has 4 rings (SSSR count).